The first-order chi connectivity index (χ1) is 18.0. The van der Waals surface area contributed by atoms with E-state index in [1.807, 2.05) is 47.4 Å². The van der Waals surface area contributed by atoms with Gasteiger partial charge in [0, 0.05) is 49.0 Å². The molecule has 4 heterocycles. The number of piperidine rings is 1. The van der Waals surface area contributed by atoms with Crippen LogP contribution in [0.4, 0.5) is 5.82 Å². The SMILES string of the molecule is COCCC(=O)N1CCC(c2nc3c(-c4ccc(-c5ccccc5)nc4)cnn3c(N)c2C(C)=O)CC1. The van der Waals surface area contributed by atoms with Crippen molar-refractivity contribution >= 4 is 23.2 Å². The lowest BCUT2D eigenvalue weighted by molar-refractivity contribution is -0.133. The molecule has 1 aliphatic rings. The van der Waals surface area contributed by atoms with Gasteiger partial charge in [0.1, 0.15) is 5.82 Å². The molecule has 37 heavy (non-hydrogen) atoms. The average Bonchev–Trinajstić information content (AvgIpc) is 3.36. The van der Waals surface area contributed by atoms with Crippen molar-refractivity contribution in [2.24, 2.45) is 0 Å². The van der Waals surface area contributed by atoms with Crippen LogP contribution in [0.15, 0.2) is 54.9 Å². The van der Waals surface area contributed by atoms with Crippen LogP contribution in [0, 0.1) is 0 Å². The van der Waals surface area contributed by atoms with E-state index in [-0.39, 0.29) is 23.4 Å². The highest BCUT2D eigenvalue weighted by Gasteiger charge is 2.30. The second-order valence-corrected chi connectivity index (χ2v) is 9.30. The van der Waals surface area contributed by atoms with Crippen molar-refractivity contribution in [2.45, 2.75) is 32.1 Å². The summed E-state index contributed by atoms with van der Waals surface area (Å²) < 4.78 is 6.57. The van der Waals surface area contributed by atoms with Crippen LogP contribution in [0.1, 0.15) is 48.2 Å². The van der Waals surface area contributed by atoms with Crippen LogP contribution in [0.25, 0.3) is 28.0 Å². The van der Waals surface area contributed by atoms with E-state index in [0.29, 0.717) is 55.9 Å². The van der Waals surface area contributed by atoms with Gasteiger partial charge in [0.05, 0.1) is 36.2 Å². The molecule has 9 nitrogen and oxygen atoms in total. The number of hydrogen-bond donors (Lipinski definition) is 1. The number of nitrogens with two attached hydrogens (primary N) is 1. The van der Waals surface area contributed by atoms with Crippen LogP contribution in [0.2, 0.25) is 0 Å². The zero-order valence-electron chi connectivity index (χ0n) is 21.1. The van der Waals surface area contributed by atoms with Crippen LogP contribution >= 0.6 is 0 Å². The standard InChI is InChI=1S/C28H30N6O3/c1-18(35)25-26(20-10-13-33(14-11-20)24(36)12-15-37-2)32-28-22(17-31-34(28)27(25)29)21-8-9-23(30-16-21)19-6-4-3-5-7-19/h3-9,16-17,20H,10-15,29H2,1-2H3. The molecule has 1 aromatic carbocycles. The number of carbonyl (C=O) groups excluding carboxylic acids is 2. The topological polar surface area (TPSA) is 116 Å². The number of anilines is 1. The van der Waals surface area contributed by atoms with Gasteiger partial charge in [0.15, 0.2) is 11.4 Å². The number of nitrogens with zero attached hydrogens (tertiary/aromatic N) is 5. The van der Waals surface area contributed by atoms with Gasteiger partial charge in [-0.15, -0.1) is 0 Å². The maximum absolute atomic E-state index is 12.7. The van der Waals surface area contributed by atoms with Gasteiger partial charge in [-0.2, -0.15) is 9.61 Å². The third-order valence-electron chi connectivity index (χ3n) is 6.96. The summed E-state index contributed by atoms with van der Waals surface area (Å²) in [6, 6.07) is 13.9. The van der Waals surface area contributed by atoms with Gasteiger partial charge in [-0.1, -0.05) is 36.4 Å². The lowest BCUT2D eigenvalue weighted by atomic mass is 9.89. The molecule has 0 atom stereocenters. The minimum absolute atomic E-state index is 0.0130. The number of amides is 1. The normalized spacial score (nSPS) is 14.3. The predicted molar refractivity (Wildman–Crippen MR) is 141 cm³/mol. The van der Waals surface area contributed by atoms with Gasteiger partial charge >= 0.3 is 0 Å². The fourth-order valence-corrected chi connectivity index (χ4v) is 4.98. The number of pyridine rings is 1. The van der Waals surface area contributed by atoms with E-state index >= 15 is 0 Å². The molecule has 0 bridgehead atoms. The second-order valence-electron chi connectivity index (χ2n) is 9.30. The quantitative estimate of drug-likeness (QED) is 0.383. The Labute approximate surface area is 215 Å². The average molecular weight is 499 g/mol. The third kappa shape index (κ3) is 4.82. The number of fused-ring (bicyclic) bond motifs is 1. The van der Waals surface area contributed by atoms with E-state index in [4.69, 9.17) is 15.5 Å². The van der Waals surface area contributed by atoms with Crippen LogP contribution in [0.5, 0.6) is 0 Å². The van der Waals surface area contributed by atoms with E-state index < -0.39 is 0 Å². The molecule has 4 aromatic rings. The Bertz CT molecular complexity index is 1420. The molecular formula is C28H30N6O3. The van der Waals surface area contributed by atoms with Crippen molar-refractivity contribution in [3.05, 3.63) is 66.1 Å². The highest BCUT2D eigenvalue weighted by atomic mass is 16.5. The summed E-state index contributed by atoms with van der Waals surface area (Å²) >= 11 is 0. The summed E-state index contributed by atoms with van der Waals surface area (Å²) in [6.45, 7) is 3.12. The van der Waals surface area contributed by atoms with E-state index in [9.17, 15) is 9.59 Å². The molecule has 0 unspecified atom stereocenters. The van der Waals surface area contributed by atoms with Gasteiger partial charge < -0.3 is 15.4 Å². The van der Waals surface area contributed by atoms with Crippen molar-refractivity contribution in [2.75, 3.05) is 32.5 Å². The number of hydrogen-bond acceptors (Lipinski definition) is 7. The molecule has 0 radical (unpaired) electrons. The Morgan fingerprint density at radius 2 is 1.81 bits per heavy atom. The first-order valence-corrected chi connectivity index (χ1v) is 12.4. The maximum atomic E-state index is 12.7. The lowest BCUT2D eigenvalue weighted by Gasteiger charge is -2.32. The second kappa shape index (κ2) is 10.5. The molecule has 9 heteroatoms. The molecule has 0 spiro atoms. The molecular weight excluding hydrogens is 468 g/mol. The van der Waals surface area contributed by atoms with Crippen LogP contribution in [-0.4, -0.2) is 63.0 Å². The van der Waals surface area contributed by atoms with Gasteiger partial charge in [-0.25, -0.2) is 4.98 Å². The molecule has 190 valence electrons. The summed E-state index contributed by atoms with van der Waals surface area (Å²) in [5, 5.41) is 4.45. The van der Waals surface area contributed by atoms with Crippen LogP contribution in [-0.2, 0) is 9.53 Å². The van der Waals surface area contributed by atoms with Crippen molar-refractivity contribution < 1.29 is 14.3 Å². The predicted octanol–water partition coefficient (Wildman–Crippen LogP) is 3.99. The molecule has 1 saturated heterocycles. The van der Waals surface area contributed by atoms with Crippen molar-refractivity contribution in [3.63, 3.8) is 0 Å². The zero-order valence-corrected chi connectivity index (χ0v) is 21.1. The minimum Gasteiger partial charge on any atom is -0.384 e. The molecule has 1 fully saturated rings. The molecule has 0 saturated carbocycles. The summed E-state index contributed by atoms with van der Waals surface area (Å²) in [4.78, 5) is 36.6. The molecule has 0 aliphatic carbocycles. The summed E-state index contributed by atoms with van der Waals surface area (Å²) in [5.74, 6) is 0.233. The zero-order chi connectivity index (χ0) is 25.9. The fraction of sp³-hybridized carbons (Fsp3) is 0.321. The number of ketones is 1. The van der Waals surface area contributed by atoms with Crippen LogP contribution < -0.4 is 5.73 Å². The third-order valence-corrected chi connectivity index (χ3v) is 6.96. The Kier molecular flexibility index (Phi) is 6.96. The Balaban J connectivity index is 1.48. The van der Waals surface area contributed by atoms with Gasteiger partial charge in [0.25, 0.3) is 0 Å². The van der Waals surface area contributed by atoms with Gasteiger partial charge in [-0.05, 0) is 25.8 Å². The minimum atomic E-state index is -0.147. The highest BCUT2D eigenvalue weighted by molar-refractivity contribution is 6.00. The molecule has 1 amide bonds. The summed E-state index contributed by atoms with van der Waals surface area (Å²) in [5.41, 5.74) is 11.7. The Morgan fingerprint density at radius 1 is 1.05 bits per heavy atom. The lowest BCUT2D eigenvalue weighted by Crippen LogP contribution is -2.38. The van der Waals surface area contributed by atoms with Crippen LogP contribution in [0.3, 0.4) is 0 Å². The number of aromatic nitrogens is 4. The summed E-state index contributed by atoms with van der Waals surface area (Å²) in [6.07, 6.45) is 5.30. The highest BCUT2D eigenvalue weighted by Crippen LogP contribution is 2.35. The number of benzene rings is 1. The molecule has 2 N–H and O–H groups in total. The number of likely N-dealkylation sites (tertiary alicyclic amines) is 1. The first kappa shape index (κ1) is 24.6. The molecule has 3 aromatic heterocycles. The van der Waals surface area contributed by atoms with Crippen molar-refractivity contribution in [1.82, 2.24) is 24.5 Å². The number of Topliss-reactive ketones (excluding diaryl/α,β-unsaturated/α-hetero) is 1. The first-order valence-electron chi connectivity index (χ1n) is 12.4. The van der Waals surface area contributed by atoms with Crippen molar-refractivity contribution in [3.8, 4) is 22.4 Å². The van der Waals surface area contributed by atoms with E-state index in [2.05, 4.69) is 10.1 Å². The summed E-state index contributed by atoms with van der Waals surface area (Å²) in [7, 11) is 1.59. The molecule has 5 rings (SSSR count). The van der Waals surface area contributed by atoms with E-state index in [1.54, 1.807) is 19.5 Å². The number of methoxy groups -OCH3 is 1. The number of carbonyl (C=O) groups is 2. The van der Waals surface area contributed by atoms with Gasteiger partial charge in [0.2, 0.25) is 5.91 Å². The largest absolute Gasteiger partial charge is 0.384 e. The fourth-order valence-electron chi connectivity index (χ4n) is 4.98. The maximum Gasteiger partial charge on any atom is 0.224 e. The monoisotopic (exact) mass is 498 g/mol. The number of rotatable bonds is 7. The Hall–Kier alpha value is -4.11. The molecule has 1 aliphatic heterocycles. The smallest absolute Gasteiger partial charge is 0.224 e. The van der Waals surface area contributed by atoms with E-state index in [1.165, 1.54) is 11.4 Å². The number of nitrogen functional groups attached to an aromatic ring is 1. The van der Waals surface area contributed by atoms with Crippen molar-refractivity contribution in [1.29, 1.82) is 0 Å². The van der Waals surface area contributed by atoms with E-state index in [0.717, 1.165) is 22.4 Å². The van der Waals surface area contributed by atoms with Gasteiger partial charge in [-0.3, -0.25) is 14.6 Å². The Morgan fingerprint density at radius 3 is 2.46 bits per heavy atom. The number of ether oxygens (including phenoxy) is 1.